The van der Waals surface area contributed by atoms with Gasteiger partial charge in [-0.15, -0.1) is 0 Å². The first-order valence-corrected chi connectivity index (χ1v) is 17.8. The SMILES string of the molecule is COc1ccc(NC(=O)Nc2ccc3c(c2)C(=O)N([C@@H](C)CO)C[C@H](C)[C@H](CN(C)S(=O)(=O)c2cn(C)cn2)OCCCC[C@@H](C)O3)cc1. The quantitative estimate of drug-likeness (QED) is 0.297. The number of hydrogen-bond donors (Lipinski definition) is 3. The lowest BCUT2D eigenvalue weighted by Gasteiger charge is -2.35. The zero-order valence-electron chi connectivity index (χ0n) is 29.0. The summed E-state index contributed by atoms with van der Waals surface area (Å²) >= 11 is 0. The van der Waals surface area contributed by atoms with E-state index >= 15 is 0 Å². The smallest absolute Gasteiger partial charge is 0.323 e. The summed E-state index contributed by atoms with van der Waals surface area (Å²) in [7, 11) is 0.848. The van der Waals surface area contributed by atoms with E-state index in [-0.39, 0.29) is 42.3 Å². The van der Waals surface area contributed by atoms with Gasteiger partial charge in [0.25, 0.3) is 15.9 Å². The van der Waals surface area contributed by atoms with Crippen LogP contribution in [0.3, 0.4) is 0 Å². The lowest BCUT2D eigenvalue weighted by molar-refractivity contribution is -0.00835. The minimum Gasteiger partial charge on any atom is -0.497 e. The third kappa shape index (κ3) is 9.94. The Morgan fingerprint density at radius 1 is 1.14 bits per heavy atom. The van der Waals surface area contributed by atoms with E-state index in [0.717, 1.165) is 12.8 Å². The molecule has 1 aliphatic rings. The fraction of sp³-hybridized carbons (Fsp3) is 0.500. The molecule has 49 heavy (non-hydrogen) atoms. The number of urea groups is 1. The monoisotopic (exact) mass is 700 g/mol. The Balaban J connectivity index is 1.61. The number of amides is 3. The highest BCUT2D eigenvalue weighted by Gasteiger charge is 2.33. The standard InChI is InChI=1S/C34H48N6O8S/c1-23-18-40(24(2)21-41)33(42)29-17-27(37-34(43)36-26-10-13-28(46-6)14-11-26)12-15-30(29)48-25(3)9-7-8-16-47-31(23)19-39(5)49(44,45)32-20-38(4)22-35-32/h10-15,17,20,22-25,31,41H,7-9,16,18-19,21H2,1-6H3,(H2,36,37,43)/t23-,24-,25+,31-/m0/s1. The molecule has 14 nitrogen and oxygen atoms in total. The number of aryl methyl sites for hydroxylation is 1. The molecule has 1 aromatic heterocycles. The molecule has 0 radical (unpaired) electrons. The van der Waals surface area contributed by atoms with Crippen molar-refractivity contribution in [3.05, 3.63) is 60.6 Å². The molecule has 0 bridgehead atoms. The predicted octanol–water partition coefficient (Wildman–Crippen LogP) is 4.19. The maximum atomic E-state index is 14.4. The van der Waals surface area contributed by atoms with Crippen molar-refractivity contribution in [2.75, 3.05) is 51.1 Å². The zero-order chi connectivity index (χ0) is 35.7. The van der Waals surface area contributed by atoms with Gasteiger partial charge in [0.2, 0.25) is 0 Å². The number of rotatable bonds is 9. The number of aromatic nitrogens is 2. The number of fused-ring (bicyclic) bond motifs is 1. The topological polar surface area (TPSA) is 165 Å². The van der Waals surface area contributed by atoms with Gasteiger partial charge in [0.05, 0.1) is 43.9 Å². The minimum atomic E-state index is -3.89. The van der Waals surface area contributed by atoms with Gasteiger partial charge in [-0.1, -0.05) is 6.92 Å². The molecule has 268 valence electrons. The van der Waals surface area contributed by atoms with Crippen molar-refractivity contribution < 1.29 is 37.3 Å². The van der Waals surface area contributed by atoms with Crippen molar-refractivity contribution in [2.45, 2.75) is 63.3 Å². The predicted molar refractivity (Wildman–Crippen MR) is 186 cm³/mol. The van der Waals surface area contributed by atoms with Crippen LogP contribution in [-0.2, 0) is 21.8 Å². The van der Waals surface area contributed by atoms with Crippen LogP contribution in [0, 0.1) is 5.92 Å². The number of aliphatic hydroxyl groups is 1. The molecule has 0 aliphatic carbocycles. The number of hydrogen-bond acceptors (Lipinski definition) is 9. The van der Waals surface area contributed by atoms with Gasteiger partial charge >= 0.3 is 6.03 Å². The minimum absolute atomic E-state index is 0.0308. The van der Waals surface area contributed by atoms with Crippen molar-refractivity contribution in [3.8, 4) is 11.5 Å². The summed E-state index contributed by atoms with van der Waals surface area (Å²) in [5, 5.41) is 15.7. The van der Waals surface area contributed by atoms with E-state index in [1.807, 2.05) is 13.8 Å². The Hall–Kier alpha value is -4.18. The molecule has 0 fully saturated rings. The molecule has 0 saturated carbocycles. The second kappa shape index (κ2) is 17.0. The van der Waals surface area contributed by atoms with Gasteiger partial charge in [-0.2, -0.15) is 4.31 Å². The summed E-state index contributed by atoms with van der Waals surface area (Å²) in [5.41, 5.74) is 1.13. The number of nitrogens with zero attached hydrogens (tertiary/aromatic N) is 4. The van der Waals surface area contributed by atoms with Crippen LogP contribution in [0.15, 0.2) is 60.0 Å². The van der Waals surface area contributed by atoms with Crippen molar-refractivity contribution in [3.63, 3.8) is 0 Å². The molecule has 3 amide bonds. The van der Waals surface area contributed by atoms with Crippen molar-refractivity contribution >= 4 is 33.3 Å². The van der Waals surface area contributed by atoms with E-state index in [4.69, 9.17) is 14.2 Å². The number of carbonyl (C=O) groups is 2. The van der Waals surface area contributed by atoms with Crippen LogP contribution in [-0.4, -0.2) is 103 Å². The van der Waals surface area contributed by atoms with Crippen LogP contribution in [0.1, 0.15) is 50.4 Å². The molecule has 0 unspecified atom stereocenters. The molecule has 0 saturated heterocycles. The lowest BCUT2D eigenvalue weighted by atomic mass is 10.0. The van der Waals surface area contributed by atoms with E-state index in [1.165, 1.54) is 28.8 Å². The number of imidazole rings is 1. The largest absolute Gasteiger partial charge is 0.497 e. The summed E-state index contributed by atoms with van der Waals surface area (Å²) in [6.07, 6.45) is 4.26. The maximum Gasteiger partial charge on any atom is 0.323 e. The summed E-state index contributed by atoms with van der Waals surface area (Å²) in [6.45, 7) is 5.81. The molecule has 4 rings (SSSR count). The maximum absolute atomic E-state index is 14.4. The highest BCUT2D eigenvalue weighted by molar-refractivity contribution is 7.89. The number of ether oxygens (including phenoxy) is 3. The van der Waals surface area contributed by atoms with Gasteiger partial charge in [-0.3, -0.25) is 4.79 Å². The normalized spacial score (nSPS) is 20.1. The molecule has 2 aromatic carbocycles. The molecule has 3 N–H and O–H groups in total. The Bertz CT molecular complexity index is 1660. The zero-order valence-corrected chi connectivity index (χ0v) is 29.8. The van der Waals surface area contributed by atoms with E-state index in [0.29, 0.717) is 35.9 Å². The molecule has 2 heterocycles. The van der Waals surface area contributed by atoms with Crippen LogP contribution in [0.2, 0.25) is 0 Å². The molecule has 15 heteroatoms. The van der Waals surface area contributed by atoms with E-state index in [9.17, 15) is 23.1 Å². The Morgan fingerprint density at radius 2 is 1.84 bits per heavy atom. The number of aliphatic hydroxyl groups excluding tert-OH is 1. The fourth-order valence-corrected chi connectivity index (χ4v) is 6.61. The summed E-state index contributed by atoms with van der Waals surface area (Å²) < 4.78 is 47.1. The number of anilines is 2. The third-order valence-corrected chi connectivity index (χ3v) is 10.2. The lowest BCUT2D eigenvalue weighted by Crippen LogP contribution is -2.48. The number of sulfonamides is 1. The summed E-state index contributed by atoms with van der Waals surface area (Å²) in [5.74, 6) is 0.245. The average molecular weight is 701 g/mol. The van der Waals surface area contributed by atoms with Crippen LogP contribution in [0.4, 0.5) is 16.2 Å². The van der Waals surface area contributed by atoms with Gasteiger partial charge in [0.15, 0.2) is 5.03 Å². The van der Waals surface area contributed by atoms with Crippen LogP contribution in [0.25, 0.3) is 0 Å². The number of likely N-dealkylation sites (N-methyl/N-ethyl adjacent to an activating group) is 1. The molecular weight excluding hydrogens is 652 g/mol. The Kier molecular flexibility index (Phi) is 13.0. The first kappa shape index (κ1) is 37.6. The van der Waals surface area contributed by atoms with Crippen LogP contribution < -0.4 is 20.1 Å². The van der Waals surface area contributed by atoms with Gasteiger partial charge in [0.1, 0.15) is 11.5 Å². The summed E-state index contributed by atoms with van der Waals surface area (Å²) in [6, 6.07) is 10.6. The molecule has 3 aromatic rings. The number of carbonyl (C=O) groups excluding carboxylic acids is 2. The second-order valence-electron chi connectivity index (χ2n) is 12.5. The van der Waals surface area contributed by atoms with E-state index in [1.54, 1.807) is 68.1 Å². The molecule has 0 spiro atoms. The van der Waals surface area contributed by atoms with E-state index < -0.39 is 34.1 Å². The third-order valence-electron chi connectivity index (χ3n) is 8.45. The van der Waals surface area contributed by atoms with E-state index in [2.05, 4.69) is 15.6 Å². The van der Waals surface area contributed by atoms with Crippen LogP contribution in [0.5, 0.6) is 11.5 Å². The van der Waals surface area contributed by atoms with Gasteiger partial charge in [0, 0.05) is 57.3 Å². The number of methoxy groups -OCH3 is 1. The average Bonchev–Trinajstić information content (AvgIpc) is 3.53. The highest BCUT2D eigenvalue weighted by Crippen LogP contribution is 2.29. The van der Waals surface area contributed by atoms with Crippen LogP contribution >= 0.6 is 0 Å². The van der Waals surface area contributed by atoms with Crippen molar-refractivity contribution in [2.24, 2.45) is 13.0 Å². The van der Waals surface area contributed by atoms with Gasteiger partial charge in [-0.05, 0) is 75.6 Å². The van der Waals surface area contributed by atoms with Crippen molar-refractivity contribution in [1.29, 1.82) is 0 Å². The van der Waals surface area contributed by atoms with Gasteiger partial charge < -0.3 is 39.4 Å². The first-order valence-electron chi connectivity index (χ1n) is 16.3. The first-order chi connectivity index (χ1) is 23.3. The molecule has 4 atom stereocenters. The highest BCUT2D eigenvalue weighted by atomic mass is 32.2. The van der Waals surface area contributed by atoms with Crippen molar-refractivity contribution in [1.82, 2.24) is 18.8 Å². The molecule has 1 aliphatic heterocycles. The number of nitrogens with one attached hydrogen (secondary N) is 2. The Labute approximate surface area is 288 Å². The second-order valence-corrected chi connectivity index (χ2v) is 14.5. The summed E-state index contributed by atoms with van der Waals surface area (Å²) in [4.78, 5) is 32.8. The Morgan fingerprint density at radius 3 is 2.49 bits per heavy atom. The van der Waals surface area contributed by atoms with Gasteiger partial charge in [-0.25, -0.2) is 18.2 Å². The number of benzene rings is 2. The fourth-order valence-electron chi connectivity index (χ4n) is 5.46. The molecular formula is C34H48N6O8S.